The van der Waals surface area contributed by atoms with Crippen LogP contribution in [-0.4, -0.2) is 80.6 Å². The van der Waals surface area contributed by atoms with Gasteiger partial charge in [-0.2, -0.15) is 0 Å². The molecule has 1 aliphatic rings. The van der Waals surface area contributed by atoms with Crippen LogP contribution in [0.2, 0.25) is 0 Å². The normalized spacial score (nSPS) is 15.7. The fraction of sp³-hybridized carbons (Fsp3) is 0.375. The first-order chi connectivity index (χ1) is 20.6. The topological polar surface area (TPSA) is 94.7 Å². The Balaban J connectivity index is 1.36. The zero-order chi connectivity index (χ0) is 29.1. The third-order valence-corrected chi connectivity index (χ3v) is 7.47. The van der Waals surface area contributed by atoms with E-state index in [4.69, 9.17) is 9.47 Å². The summed E-state index contributed by atoms with van der Waals surface area (Å²) in [6.45, 7) is 3.49. The average molecular weight is 571 g/mol. The second-order valence-corrected chi connectivity index (χ2v) is 10.3. The molecule has 10 nitrogen and oxygen atoms in total. The minimum absolute atomic E-state index is 0.0503. The number of hydrogen-bond donors (Lipinski definition) is 0. The average Bonchev–Trinajstić information content (AvgIpc) is 3.70. The monoisotopic (exact) mass is 570 g/mol. The summed E-state index contributed by atoms with van der Waals surface area (Å²) >= 11 is 0. The Kier molecular flexibility index (Phi) is 10.0. The maximum absolute atomic E-state index is 13.7. The van der Waals surface area contributed by atoms with Crippen molar-refractivity contribution in [2.24, 2.45) is 0 Å². The van der Waals surface area contributed by atoms with Crippen LogP contribution in [0, 0.1) is 0 Å². The summed E-state index contributed by atoms with van der Waals surface area (Å²) < 4.78 is 15.7. The van der Waals surface area contributed by atoms with Gasteiger partial charge in [-0.25, -0.2) is 9.97 Å². The molecule has 0 radical (unpaired) electrons. The van der Waals surface area contributed by atoms with Gasteiger partial charge in [-0.3, -0.25) is 9.59 Å². The fourth-order valence-electron chi connectivity index (χ4n) is 5.29. The Bertz CT molecular complexity index is 1420. The number of imidazole rings is 2. The predicted molar refractivity (Wildman–Crippen MR) is 159 cm³/mol. The molecule has 1 unspecified atom stereocenters. The van der Waals surface area contributed by atoms with E-state index < -0.39 is 6.10 Å². The summed E-state index contributed by atoms with van der Waals surface area (Å²) in [5.41, 5.74) is 1.76. The van der Waals surface area contributed by atoms with E-state index in [0.717, 1.165) is 48.5 Å². The summed E-state index contributed by atoms with van der Waals surface area (Å²) in [4.78, 5) is 39.4. The van der Waals surface area contributed by atoms with Gasteiger partial charge >= 0.3 is 0 Å². The van der Waals surface area contributed by atoms with Crippen LogP contribution in [0.5, 0.6) is 5.75 Å². The molecule has 5 rings (SSSR count). The van der Waals surface area contributed by atoms with E-state index >= 15 is 0 Å². The molecule has 2 aromatic heterocycles. The Morgan fingerprint density at radius 1 is 0.905 bits per heavy atom. The smallest absolute Gasteiger partial charge is 0.256 e. The SMILES string of the molecule is COC(C(=O)N1CCCCN(C(=O)Cn2ccnc2)CCCn2ccnc2-c2cccc(c2)OCC1)c1ccccc1. The molecule has 2 aromatic carbocycles. The molecule has 2 bridgehead atoms. The molecule has 0 saturated carbocycles. The predicted octanol–water partition coefficient (Wildman–Crippen LogP) is 4.05. The van der Waals surface area contributed by atoms with Gasteiger partial charge < -0.3 is 28.4 Å². The van der Waals surface area contributed by atoms with Crippen LogP contribution in [0.15, 0.2) is 85.7 Å². The highest BCUT2D eigenvalue weighted by atomic mass is 16.5. The van der Waals surface area contributed by atoms with Gasteiger partial charge in [-0.15, -0.1) is 0 Å². The number of carbonyl (C=O) groups excluding carboxylic acids is 2. The third kappa shape index (κ3) is 7.44. The summed E-state index contributed by atoms with van der Waals surface area (Å²) in [5, 5.41) is 0. The second kappa shape index (κ2) is 14.5. The lowest BCUT2D eigenvalue weighted by Crippen LogP contribution is -2.40. The molecule has 0 saturated heterocycles. The first kappa shape index (κ1) is 29.1. The number of aryl methyl sites for hydroxylation is 1. The van der Waals surface area contributed by atoms with E-state index in [-0.39, 0.29) is 18.4 Å². The molecule has 10 heteroatoms. The zero-order valence-electron chi connectivity index (χ0n) is 24.0. The van der Waals surface area contributed by atoms with E-state index in [0.29, 0.717) is 32.8 Å². The molecule has 2 amide bonds. The van der Waals surface area contributed by atoms with Crippen molar-refractivity contribution < 1.29 is 19.1 Å². The fourth-order valence-corrected chi connectivity index (χ4v) is 5.29. The van der Waals surface area contributed by atoms with Gasteiger partial charge in [0, 0.05) is 63.6 Å². The van der Waals surface area contributed by atoms with Crippen LogP contribution >= 0.6 is 0 Å². The molecule has 4 aromatic rings. The maximum atomic E-state index is 13.7. The number of ether oxygens (including phenoxy) is 2. The molecule has 0 spiro atoms. The lowest BCUT2D eigenvalue weighted by Gasteiger charge is -2.28. The molecule has 0 aliphatic carbocycles. The number of fused-ring (bicyclic) bond motifs is 4. The first-order valence-corrected chi connectivity index (χ1v) is 14.5. The van der Waals surface area contributed by atoms with Gasteiger partial charge in [0.05, 0.1) is 12.9 Å². The van der Waals surface area contributed by atoms with Crippen LogP contribution in [0.3, 0.4) is 0 Å². The van der Waals surface area contributed by atoms with Crippen molar-refractivity contribution in [1.82, 2.24) is 28.9 Å². The van der Waals surface area contributed by atoms with E-state index in [1.54, 1.807) is 36.6 Å². The largest absolute Gasteiger partial charge is 0.492 e. The molecule has 42 heavy (non-hydrogen) atoms. The summed E-state index contributed by atoms with van der Waals surface area (Å²) in [5.74, 6) is 1.52. The quantitative estimate of drug-likeness (QED) is 0.359. The van der Waals surface area contributed by atoms with Crippen molar-refractivity contribution in [3.8, 4) is 17.1 Å². The Labute approximate surface area is 246 Å². The maximum Gasteiger partial charge on any atom is 0.256 e. The lowest BCUT2D eigenvalue weighted by atomic mass is 10.1. The minimum Gasteiger partial charge on any atom is -0.492 e. The highest BCUT2D eigenvalue weighted by Crippen LogP contribution is 2.24. The van der Waals surface area contributed by atoms with Crippen LogP contribution in [0.4, 0.5) is 0 Å². The van der Waals surface area contributed by atoms with Crippen LogP contribution < -0.4 is 4.74 Å². The molecule has 0 fully saturated rings. The summed E-state index contributed by atoms with van der Waals surface area (Å²) in [7, 11) is 1.56. The van der Waals surface area contributed by atoms with Crippen molar-refractivity contribution in [2.75, 3.05) is 39.9 Å². The number of nitrogens with zero attached hydrogens (tertiary/aromatic N) is 6. The molecule has 3 heterocycles. The zero-order valence-corrected chi connectivity index (χ0v) is 24.0. The van der Waals surface area contributed by atoms with E-state index in [1.807, 2.05) is 70.6 Å². The van der Waals surface area contributed by atoms with Gasteiger partial charge in [-0.05, 0) is 37.0 Å². The van der Waals surface area contributed by atoms with Gasteiger partial charge in [-0.1, -0.05) is 42.5 Å². The molecule has 0 N–H and O–H groups in total. The first-order valence-electron chi connectivity index (χ1n) is 14.5. The Morgan fingerprint density at radius 3 is 2.50 bits per heavy atom. The van der Waals surface area contributed by atoms with Crippen molar-refractivity contribution in [1.29, 1.82) is 0 Å². The third-order valence-electron chi connectivity index (χ3n) is 7.47. The van der Waals surface area contributed by atoms with Gasteiger partial charge in [0.25, 0.3) is 5.91 Å². The molecular weight excluding hydrogens is 532 g/mol. The number of rotatable bonds is 5. The van der Waals surface area contributed by atoms with Crippen LogP contribution in [0.1, 0.15) is 30.9 Å². The molecule has 1 aliphatic heterocycles. The van der Waals surface area contributed by atoms with Crippen LogP contribution in [0.25, 0.3) is 11.4 Å². The Hall–Kier alpha value is -4.44. The Morgan fingerprint density at radius 2 is 1.71 bits per heavy atom. The van der Waals surface area contributed by atoms with Gasteiger partial charge in [0.15, 0.2) is 6.10 Å². The summed E-state index contributed by atoms with van der Waals surface area (Å²) in [6, 6.07) is 17.4. The summed E-state index contributed by atoms with van der Waals surface area (Å²) in [6.07, 6.45) is 10.5. The molecule has 1 atom stereocenters. The van der Waals surface area contributed by atoms with Crippen LogP contribution in [-0.2, 0) is 27.4 Å². The number of hydrogen-bond acceptors (Lipinski definition) is 6. The van der Waals surface area contributed by atoms with Crippen molar-refractivity contribution in [3.05, 3.63) is 91.3 Å². The standard InChI is InChI=1S/C32H38N6O4/c1-41-30(26-9-3-2-4-10-26)32(40)38-16-6-5-15-36(29(39)24-35-19-13-33-25-35)17-8-18-37-20-14-34-31(37)27-11-7-12-28(23-27)42-22-21-38/h2-4,7,9-14,19-20,23,25,30H,5-6,8,15-18,21-22,24H2,1H3. The van der Waals surface area contributed by atoms with Crippen molar-refractivity contribution in [2.45, 2.75) is 38.5 Å². The highest BCUT2D eigenvalue weighted by molar-refractivity contribution is 5.82. The second-order valence-electron chi connectivity index (χ2n) is 10.3. The number of methoxy groups -OCH3 is 1. The van der Waals surface area contributed by atoms with E-state index in [2.05, 4.69) is 14.5 Å². The van der Waals surface area contributed by atoms with Crippen molar-refractivity contribution in [3.63, 3.8) is 0 Å². The van der Waals surface area contributed by atoms with E-state index in [1.165, 1.54) is 0 Å². The minimum atomic E-state index is -0.698. The molecule has 220 valence electrons. The van der Waals surface area contributed by atoms with Gasteiger partial charge in [0.1, 0.15) is 24.7 Å². The molecular formula is C32H38N6O4. The van der Waals surface area contributed by atoms with Crippen molar-refractivity contribution >= 4 is 11.8 Å². The van der Waals surface area contributed by atoms with E-state index in [9.17, 15) is 9.59 Å². The number of benzene rings is 2. The number of aromatic nitrogens is 4. The number of amides is 2. The van der Waals surface area contributed by atoms with Gasteiger partial charge in [0.2, 0.25) is 5.91 Å². The lowest BCUT2D eigenvalue weighted by molar-refractivity contribution is -0.143. The number of carbonyl (C=O) groups is 2. The highest BCUT2D eigenvalue weighted by Gasteiger charge is 2.26.